The van der Waals surface area contributed by atoms with Crippen LogP contribution in [0, 0.1) is 0 Å². The lowest BCUT2D eigenvalue weighted by molar-refractivity contribution is 0.00176. The molecule has 0 radical (unpaired) electrons. The number of nitrogens with zero attached hydrogens (tertiary/aromatic N) is 1. The van der Waals surface area contributed by atoms with E-state index in [0.29, 0.717) is 5.57 Å². The van der Waals surface area contributed by atoms with Gasteiger partial charge in [0.25, 0.3) is 6.43 Å². The maximum absolute atomic E-state index is 12.9. The Hall–Kier alpha value is -1.72. The van der Waals surface area contributed by atoms with Gasteiger partial charge in [-0.25, -0.2) is 18.6 Å². The molecule has 1 atom stereocenters. The molecule has 0 aromatic carbocycles. The van der Waals surface area contributed by atoms with Crippen molar-refractivity contribution in [2.24, 2.45) is 4.99 Å². The Morgan fingerprint density at radius 2 is 2.22 bits per heavy atom. The van der Waals surface area contributed by atoms with Crippen molar-refractivity contribution < 1.29 is 18.3 Å². The van der Waals surface area contributed by atoms with Crippen LogP contribution in [0.5, 0.6) is 0 Å². The summed E-state index contributed by atoms with van der Waals surface area (Å²) in [4.78, 5) is 15.2. The van der Waals surface area contributed by atoms with Gasteiger partial charge in [0, 0.05) is 11.8 Å². The van der Waals surface area contributed by atoms with Crippen molar-refractivity contribution in [2.75, 3.05) is 0 Å². The Morgan fingerprint density at radius 1 is 1.56 bits per heavy atom. The molecule has 6 heteroatoms. The van der Waals surface area contributed by atoms with Crippen molar-refractivity contribution in [3.63, 3.8) is 0 Å². The zero-order valence-corrected chi connectivity index (χ0v) is 10.5. The topological polar surface area (TPSA) is 50.7 Å². The fourth-order valence-corrected chi connectivity index (χ4v) is 1.54. The first-order valence-electron chi connectivity index (χ1n) is 5.63. The van der Waals surface area contributed by atoms with E-state index in [9.17, 15) is 13.6 Å². The lowest BCUT2D eigenvalue weighted by atomic mass is 10.0. The van der Waals surface area contributed by atoms with Crippen LogP contribution < -0.4 is 5.32 Å². The summed E-state index contributed by atoms with van der Waals surface area (Å²) >= 11 is 0. The Bertz CT molecular complexity index is 410. The summed E-state index contributed by atoms with van der Waals surface area (Å²) in [5.41, 5.74) is 0.856. The third-order valence-electron chi connectivity index (χ3n) is 2.31. The molecule has 1 aliphatic heterocycles. The lowest BCUT2D eigenvalue weighted by Gasteiger charge is -2.27. The molecule has 1 aliphatic rings. The molecular weight excluding hydrogens is 242 g/mol. The average molecular weight is 258 g/mol. The predicted octanol–water partition coefficient (Wildman–Crippen LogP) is 3.02. The molecule has 1 N–H and O–H groups in total. The molecule has 1 unspecified atom stereocenters. The Labute approximate surface area is 104 Å². The smallest absolute Gasteiger partial charge is 0.413 e. The van der Waals surface area contributed by atoms with E-state index in [0.717, 1.165) is 6.42 Å². The number of amides is 1. The highest BCUT2D eigenvalue weighted by atomic mass is 19.3. The van der Waals surface area contributed by atoms with Gasteiger partial charge in [-0.05, 0) is 20.3 Å². The van der Waals surface area contributed by atoms with Crippen LogP contribution in [-0.2, 0) is 4.74 Å². The van der Waals surface area contributed by atoms with Gasteiger partial charge in [-0.15, -0.1) is 0 Å². The molecule has 1 rings (SSSR count). The number of amidine groups is 1. The minimum atomic E-state index is -2.78. The maximum Gasteiger partial charge on any atom is 0.413 e. The van der Waals surface area contributed by atoms with Crippen molar-refractivity contribution >= 4 is 11.9 Å². The highest BCUT2D eigenvalue weighted by molar-refractivity contribution is 6.09. The molecule has 0 aromatic heterocycles. The van der Waals surface area contributed by atoms with Crippen molar-refractivity contribution in [2.45, 2.75) is 39.7 Å². The second-order valence-corrected chi connectivity index (χ2v) is 3.97. The number of alkyl halides is 2. The molecule has 1 amide bonds. The molecule has 18 heavy (non-hydrogen) atoms. The van der Waals surface area contributed by atoms with E-state index >= 15 is 0 Å². The molecule has 0 aromatic rings. The molecule has 1 fully saturated rings. The van der Waals surface area contributed by atoms with E-state index in [1.807, 2.05) is 6.92 Å². The summed E-state index contributed by atoms with van der Waals surface area (Å²) in [6.07, 6.45) is -1.24. The predicted molar refractivity (Wildman–Crippen MR) is 64.6 cm³/mol. The van der Waals surface area contributed by atoms with Crippen LogP contribution in [0.4, 0.5) is 13.6 Å². The van der Waals surface area contributed by atoms with Crippen LogP contribution in [0.3, 0.4) is 0 Å². The summed E-state index contributed by atoms with van der Waals surface area (Å²) in [5.74, 6) is 0.126. The van der Waals surface area contributed by atoms with Gasteiger partial charge >= 0.3 is 6.09 Å². The number of hydrogen-bond donors (Lipinski definition) is 1. The zero-order valence-electron chi connectivity index (χ0n) is 10.5. The third-order valence-corrected chi connectivity index (χ3v) is 2.31. The third kappa shape index (κ3) is 3.38. The summed E-state index contributed by atoms with van der Waals surface area (Å²) in [6, 6.07) is 0. The van der Waals surface area contributed by atoms with Gasteiger partial charge < -0.3 is 4.74 Å². The van der Waals surface area contributed by atoms with Gasteiger partial charge in [-0.2, -0.15) is 0 Å². The summed E-state index contributed by atoms with van der Waals surface area (Å²) in [7, 11) is 0. The summed E-state index contributed by atoms with van der Waals surface area (Å²) < 4.78 is 30.3. The second-order valence-electron chi connectivity index (χ2n) is 3.97. The number of carbonyl (C=O) groups excluding carboxylic acids is 1. The number of alkyl carbamates (subject to hydrolysis) is 1. The molecule has 100 valence electrons. The quantitative estimate of drug-likeness (QED) is 0.846. The fraction of sp³-hybridized carbons (Fsp3) is 0.500. The van der Waals surface area contributed by atoms with Crippen molar-refractivity contribution in [3.05, 3.63) is 23.4 Å². The number of rotatable bonds is 3. The van der Waals surface area contributed by atoms with Crippen LogP contribution in [-0.4, -0.2) is 24.5 Å². The van der Waals surface area contributed by atoms with Crippen LogP contribution in [0.15, 0.2) is 28.4 Å². The summed E-state index contributed by atoms with van der Waals surface area (Å²) in [6.45, 7) is 5.26. The van der Waals surface area contributed by atoms with Crippen LogP contribution >= 0.6 is 0 Å². The number of allylic oxidation sites excluding steroid dienone is 2. The number of ether oxygens (including phenoxy) is 1. The van der Waals surface area contributed by atoms with E-state index < -0.39 is 18.6 Å². The highest BCUT2D eigenvalue weighted by Gasteiger charge is 2.37. The molecule has 4 nitrogen and oxygen atoms in total. The normalized spacial score (nSPS) is 22.6. The van der Waals surface area contributed by atoms with Gasteiger partial charge in [0.2, 0.25) is 0 Å². The number of halogens is 2. The lowest BCUT2D eigenvalue weighted by Crippen LogP contribution is -2.47. The van der Waals surface area contributed by atoms with E-state index in [1.54, 1.807) is 19.9 Å². The zero-order chi connectivity index (χ0) is 13.7. The first-order chi connectivity index (χ1) is 8.47. The number of carbonyl (C=O) groups is 1. The van der Waals surface area contributed by atoms with Gasteiger partial charge in [0.05, 0.1) is 0 Å². The SMILES string of the molecule is CC/C=C/N=C1NC(=O)OC(C(F)F)C1=C(C)C. The van der Waals surface area contributed by atoms with E-state index in [-0.39, 0.29) is 11.4 Å². The van der Waals surface area contributed by atoms with Crippen LogP contribution in [0.2, 0.25) is 0 Å². The number of cyclic esters (lactones) is 1. The molecule has 0 bridgehead atoms. The van der Waals surface area contributed by atoms with E-state index in [1.165, 1.54) is 6.20 Å². The Morgan fingerprint density at radius 3 is 2.72 bits per heavy atom. The van der Waals surface area contributed by atoms with E-state index in [4.69, 9.17) is 0 Å². The van der Waals surface area contributed by atoms with Gasteiger partial charge in [0.1, 0.15) is 5.84 Å². The maximum atomic E-state index is 12.9. The highest BCUT2D eigenvalue weighted by Crippen LogP contribution is 2.23. The Balaban J connectivity index is 3.14. The molecular formula is C12H16F2N2O2. The van der Waals surface area contributed by atoms with Gasteiger partial charge in [-0.1, -0.05) is 18.6 Å². The van der Waals surface area contributed by atoms with Gasteiger partial charge in [0.15, 0.2) is 6.10 Å². The van der Waals surface area contributed by atoms with Crippen molar-refractivity contribution in [1.82, 2.24) is 5.32 Å². The largest absolute Gasteiger partial charge is 0.435 e. The minimum absolute atomic E-state index is 0.126. The number of hydrogen-bond acceptors (Lipinski definition) is 3. The number of nitrogens with one attached hydrogen (secondary N) is 1. The molecule has 1 saturated heterocycles. The van der Waals surface area contributed by atoms with Crippen LogP contribution in [0.1, 0.15) is 27.2 Å². The summed E-state index contributed by atoms with van der Waals surface area (Å²) in [5, 5.41) is 2.34. The molecule has 0 aliphatic carbocycles. The van der Waals surface area contributed by atoms with Crippen molar-refractivity contribution in [1.29, 1.82) is 0 Å². The molecule has 1 heterocycles. The first-order valence-corrected chi connectivity index (χ1v) is 5.63. The first kappa shape index (κ1) is 14.3. The van der Waals surface area contributed by atoms with E-state index in [2.05, 4.69) is 15.0 Å². The Kier molecular flexibility index (Phi) is 5.00. The number of aliphatic imine (C=N–C) groups is 1. The second kappa shape index (κ2) is 6.28. The average Bonchev–Trinajstić information content (AvgIpc) is 2.27. The van der Waals surface area contributed by atoms with Gasteiger partial charge in [-0.3, -0.25) is 5.32 Å². The fourth-order valence-electron chi connectivity index (χ4n) is 1.54. The monoisotopic (exact) mass is 258 g/mol. The molecule has 0 saturated carbocycles. The minimum Gasteiger partial charge on any atom is -0.435 e. The van der Waals surface area contributed by atoms with Crippen molar-refractivity contribution in [3.8, 4) is 0 Å². The van der Waals surface area contributed by atoms with Crippen LogP contribution in [0.25, 0.3) is 0 Å². The standard InChI is InChI=1S/C12H16F2N2O2/c1-4-5-6-15-11-8(7(2)3)9(10(13)14)18-12(17)16-11/h5-6,9-10H,4H2,1-3H3,(H,15,16,17)/b6-5+. The molecule has 0 spiro atoms.